The minimum absolute atomic E-state index is 0.521. The molecule has 0 heterocycles. The molecule has 1 radical (unpaired) electrons. The van der Waals surface area contributed by atoms with Crippen LogP contribution in [0.15, 0.2) is 24.3 Å². The molecule has 0 bridgehead atoms. The molecule has 0 saturated carbocycles. The molecular formula is C8H7ClF. The van der Waals surface area contributed by atoms with Gasteiger partial charge in [0.05, 0.1) is 0 Å². The summed E-state index contributed by atoms with van der Waals surface area (Å²) >= 11 is 5.59. The second-order valence-electron chi connectivity index (χ2n) is 2.02. The van der Waals surface area contributed by atoms with Crippen LogP contribution in [0.3, 0.4) is 0 Å². The standard InChI is InChI=1S/C8H7ClF/c1-6(10)7-3-2-4-8(9)5-7/h2-6H,1H2. The molecule has 0 aliphatic carbocycles. The molecule has 0 fully saturated rings. The molecule has 0 amide bonds. The van der Waals surface area contributed by atoms with Gasteiger partial charge in [-0.2, -0.15) is 0 Å². The van der Waals surface area contributed by atoms with E-state index < -0.39 is 6.17 Å². The fourth-order valence-electron chi connectivity index (χ4n) is 0.701. The molecule has 0 N–H and O–H groups in total. The second kappa shape index (κ2) is 3.02. The van der Waals surface area contributed by atoms with E-state index in [-0.39, 0.29) is 0 Å². The lowest BCUT2D eigenvalue weighted by Crippen LogP contribution is -1.83. The van der Waals surface area contributed by atoms with E-state index in [1.807, 2.05) is 0 Å². The topological polar surface area (TPSA) is 0 Å². The first kappa shape index (κ1) is 7.55. The Hall–Kier alpha value is -0.560. The average molecular weight is 158 g/mol. The maximum Gasteiger partial charge on any atom is 0.125 e. The zero-order chi connectivity index (χ0) is 7.56. The van der Waals surface area contributed by atoms with Crippen LogP contribution in [0.4, 0.5) is 4.39 Å². The summed E-state index contributed by atoms with van der Waals surface area (Å²) in [6, 6.07) is 6.63. The smallest absolute Gasteiger partial charge is 0.125 e. The van der Waals surface area contributed by atoms with Crippen molar-refractivity contribution in [2.75, 3.05) is 0 Å². The number of alkyl halides is 1. The highest BCUT2D eigenvalue weighted by Crippen LogP contribution is 2.19. The van der Waals surface area contributed by atoms with Gasteiger partial charge in [-0.3, -0.25) is 0 Å². The summed E-state index contributed by atoms with van der Waals surface area (Å²) in [5, 5.41) is 0.545. The van der Waals surface area contributed by atoms with Gasteiger partial charge in [0.1, 0.15) is 6.17 Å². The predicted molar refractivity (Wildman–Crippen MR) is 40.7 cm³/mol. The van der Waals surface area contributed by atoms with Crippen molar-refractivity contribution in [1.29, 1.82) is 0 Å². The van der Waals surface area contributed by atoms with Crippen LogP contribution in [0.5, 0.6) is 0 Å². The largest absolute Gasteiger partial charge is 0.242 e. The molecule has 0 saturated heterocycles. The zero-order valence-electron chi connectivity index (χ0n) is 5.35. The number of halogens is 2. The second-order valence-corrected chi connectivity index (χ2v) is 2.46. The lowest BCUT2D eigenvalue weighted by Gasteiger charge is -2.00. The Balaban J connectivity index is 2.96. The highest BCUT2D eigenvalue weighted by molar-refractivity contribution is 6.30. The Labute approximate surface area is 64.6 Å². The van der Waals surface area contributed by atoms with Gasteiger partial charge < -0.3 is 0 Å². The van der Waals surface area contributed by atoms with E-state index in [0.29, 0.717) is 10.6 Å². The molecule has 0 aliphatic rings. The van der Waals surface area contributed by atoms with Crippen LogP contribution in [0.25, 0.3) is 0 Å². The van der Waals surface area contributed by atoms with Crippen LogP contribution in [0.1, 0.15) is 11.7 Å². The SMILES string of the molecule is [CH2]C(F)c1cccc(Cl)c1. The molecule has 1 unspecified atom stereocenters. The third kappa shape index (κ3) is 1.71. The summed E-state index contributed by atoms with van der Waals surface area (Å²) in [6.07, 6.45) is -1.18. The predicted octanol–water partition coefficient (Wildman–Crippen LogP) is 3.18. The van der Waals surface area contributed by atoms with Crippen LogP contribution in [-0.2, 0) is 0 Å². The van der Waals surface area contributed by atoms with Gasteiger partial charge in [0.2, 0.25) is 0 Å². The third-order valence-electron chi connectivity index (χ3n) is 1.21. The van der Waals surface area contributed by atoms with E-state index in [9.17, 15) is 4.39 Å². The van der Waals surface area contributed by atoms with E-state index in [2.05, 4.69) is 6.92 Å². The van der Waals surface area contributed by atoms with Crippen LogP contribution in [0, 0.1) is 6.92 Å². The minimum atomic E-state index is -1.18. The summed E-state index contributed by atoms with van der Waals surface area (Å²) in [4.78, 5) is 0. The molecular weight excluding hydrogens is 151 g/mol. The first-order chi connectivity index (χ1) is 4.70. The summed E-state index contributed by atoms with van der Waals surface area (Å²) in [7, 11) is 0. The van der Waals surface area contributed by atoms with Gasteiger partial charge in [-0.1, -0.05) is 23.7 Å². The quantitative estimate of drug-likeness (QED) is 0.588. The highest BCUT2D eigenvalue weighted by Gasteiger charge is 2.01. The van der Waals surface area contributed by atoms with Crippen molar-refractivity contribution in [3.05, 3.63) is 41.8 Å². The molecule has 2 heteroatoms. The lowest BCUT2D eigenvalue weighted by molar-refractivity contribution is 0.411. The van der Waals surface area contributed by atoms with Gasteiger partial charge in [-0.25, -0.2) is 4.39 Å². The fraction of sp³-hybridized carbons (Fsp3) is 0.125. The molecule has 53 valence electrons. The van der Waals surface area contributed by atoms with Crippen LogP contribution in [0.2, 0.25) is 5.02 Å². The Kier molecular flexibility index (Phi) is 2.28. The van der Waals surface area contributed by atoms with Gasteiger partial charge in [0.25, 0.3) is 0 Å². The Morgan fingerprint density at radius 1 is 1.50 bits per heavy atom. The number of hydrogen-bond acceptors (Lipinski definition) is 0. The van der Waals surface area contributed by atoms with Gasteiger partial charge in [-0.15, -0.1) is 0 Å². The average Bonchev–Trinajstić information content (AvgIpc) is 1.88. The van der Waals surface area contributed by atoms with Crippen LogP contribution < -0.4 is 0 Å². The Bertz CT molecular complexity index is 220. The molecule has 10 heavy (non-hydrogen) atoms. The molecule has 1 atom stereocenters. The van der Waals surface area contributed by atoms with Gasteiger partial charge in [0.15, 0.2) is 0 Å². The van der Waals surface area contributed by atoms with Crippen molar-refractivity contribution < 1.29 is 4.39 Å². The number of hydrogen-bond donors (Lipinski definition) is 0. The summed E-state index contributed by atoms with van der Waals surface area (Å²) < 4.78 is 12.4. The summed E-state index contributed by atoms with van der Waals surface area (Å²) in [5.74, 6) is 0. The first-order valence-corrected chi connectivity index (χ1v) is 3.30. The van der Waals surface area contributed by atoms with Gasteiger partial charge >= 0.3 is 0 Å². The molecule has 0 spiro atoms. The number of benzene rings is 1. The van der Waals surface area contributed by atoms with Crippen LogP contribution >= 0.6 is 11.6 Å². The van der Waals surface area contributed by atoms with Crippen molar-refractivity contribution in [3.63, 3.8) is 0 Å². The minimum Gasteiger partial charge on any atom is -0.242 e. The van der Waals surface area contributed by atoms with Crippen molar-refractivity contribution in [1.82, 2.24) is 0 Å². The highest BCUT2D eigenvalue weighted by atomic mass is 35.5. The maximum absolute atomic E-state index is 12.4. The zero-order valence-corrected chi connectivity index (χ0v) is 6.11. The van der Waals surface area contributed by atoms with Gasteiger partial charge in [0, 0.05) is 5.02 Å². The number of rotatable bonds is 1. The maximum atomic E-state index is 12.4. The van der Waals surface area contributed by atoms with Crippen molar-refractivity contribution in [2.45, 2.75) is 6.17 Å². The molecule has 1 rings (SSSR count). The van der Waals surface area contributed by atoms with E-state index in [1.165, 1.54) is 0 Å². The normalized spacial score (nSPS) is 13.1. The third-order valence-corrected chi connectivity index (χ3v) is 1.45. The van der Waals surface area contributed by atoms with Crippen LogP contribution in [-0.4, -0.2) is 0 Å². The summed E-state index contributed by atoms with van der Waals surface area (Å²) in [5.41, 5.74) is 0.521. The molecule has 0 aromatic heterocycles. The Morgan fingerprint density at radius 2 is 2.20 bits per heavy atom. The molecule has 0 aliphatic heterocycles. The van der Waals surface area contributed by atoms with E-state index in [1.54, 1.807) is 24.3 Å². The van der Waals surface area contributed by atoms with E-state index >= 15 is 0 Å². The van der Waals surface area contributed by atoms with E-state index in [0.717, 1.165) is 0 Å². The van der Waals surface area contributed by atoms with E-state index in [4.69, 9.17) is 11.6 Å². The molecule has 0 nitrogen and oxygen atoms in total. The van der Waals surface area contributed by atoms with Crippen molar-refractivity contribution >= 4 is 11.6 Å². The van der Waals surface area contributed by atoms with Gasteiger partial charge in [-0.05, 0) is 24.6 Å². The van der Waals surface area contributed by atoms with Crippen molar-refractivity contribution in [3.8, 4) is 0 Å². The Morgan fingerprint density at radius 3 is 2.60 bits per heavy atom. The lowest BCUT2D eigenvalue weighted by atomic mass is 10.1. The fourth-order valence-corrected chi connectivity index (χ4v) is 0.900. The molecule has 1 aromatic rings. The summed E-state index contributed by atoms with van der Waals surface area (Å²) in [6.45, 7) is 3.22. The molecule has 1 aromatic carbocycles. The van der Waals surface area contributed by atoms with Crippen molar-refractivity contribution in [2.24, 2.45) is 0 Å². The monoisotopic (exact) mass is 157 g/mol. The first-order valence-electron chi connectivity index (χ1n) is 2.93.